The molecule has 0 N–H and O–H groups in total. The first-order valence-electron chi connectivity index (χ1n) is 5.44. The Kier molecular flexibility index (Phi) is 3.81. The SMILES string of the molecule is Cc1nsc(N2CCCC2CCCCl)n1. The first kappa shape index (κ1) is 11.1. The lowest BCUT2D eigenvalue weighted by Crippen LogP contribution is -2.29. The molecule has 0 bridgehead atoms. The summed E-state index contributed by atoms with van der Waals surface area (Å²) in [4.78, 5) is 6.85. The van der Waals surface area contributed by atoms with E-state index in [9.17, 15) is 0 Å². The second kappa shape index (κ2) is 5.12. The van der Waals surface area contributed by atoms with Gasteiger partial charge in [-0.15, -0.1) is 11.6 Å². The second-order valence-corrected chi connectivity index (χ2v) is 5.05. The van der Waals surface area contributed by atoms with Crippen LogP contribution in [0.2, 0.25) is 0 Å². The minimum Gasteiger partial charge on any atom is -0.344 e. The number of halogens is 1. The predicted octanol–water partition coefficient (Wildman–Crippen LogP) is 2.83. The van der Waals surface area contributed by atoms with Gasteiger partial charge in [-0.1, -0.05) is 0 Å². The molecule has 1 aliphatic heterocycles. The van der Waals surface area contributed by atoms with Gasteiger partial charge in [-0.2, -0.15) is 4.37 Å². The fraction of sp³-hybridized carbons (Fsp3) is 0.800. The lowest BCUT2D eigenvalue weighted by molar-refractivity contribution is 0.601. The van der Waals surface area contributed by atoms with Crippen LogP contribution in [0, 0.1) is 6.92 Å². The van der Waals surface area contributed by atoms with Crippen molar-refractivity contribution in [3.63, 3.8) is 0 Å². The van der Waals surface area contributed by atoms with E-state index in [2.05, 4.69) is 14.3 Å². The van der Waals surface area contributed by atoms with E-state index in [1.807, 2.05) is 6.92 Å². The second-order valence-electron chi connectivity index (χ2n) is 3.94. The van der Waals surface area contributed by atoms with Crippen LogP contribution < -0.4 is 4.90 Å². The summed E-state index contributed by atoms with van der Waals surface area (Å²) in [5, 5.41) is 1.09. The molecule has 84 valence electrons. The maximum Gasteiger partial charge on any atom is 0.205 e. The smallest absolute Gasteiger partial charge is 0.205 e. The average molecular weight is 246 g/mol. The predicted molar refractivity (Wildman–Crippen MR) is 65.0 cm³/mol. The summed E-state index contributed by atoms with van der Waals surface area (Å²) >= 11 is 7.25. The van der Waals surface area contributed by atoms with Crippen LogP contribution in [0.15, 0.2) is 0 Å². The molecule has 2 rings (SSSR count). The molecule has 5 heteroatoms. The third-order valence-electron chi connectivity index (χ3n) is 2.81. The van der Waals surface area contributed by atoms with Gasteiger partial charge in [-0.05, 0) is 32.6 Å². The third kappa shape index (κ3) is 2.61. The average Bonchev–Trinajstić information content (AvgIpc) is 2.82. The third-order valence-corrected chi connectivity index (χ3v) is 3.92. The van der Waals surface area contributed by atoms with Crippen LogP contribution in [0.3, 0.4) is 0 Å². The number of aryl methyl sites for hydroxylation is 1. The summed E-state index contributed by atoms with van der Waals surface area (Å²) in [7, 11) is 0. The highest BCUT2D eigenvalue weighted by Gasteiger charge is 2.26. The van der Waals surface area contributed by atoms with Gasteiger partial charge < -0.3 is 4.90 Å². The van der Waals surface area contributed by atoms with Gasteiger partial charge in [-0.3, -0.25) is 0 Å². The molecule has 0 spiro atoms. The minimum absolute atomic E-state index is 0.635. The molecule has 0 aromatic carbocycles. The summed E-state index contributed by atoms with van der Waals surface area (Å²) in [6, 6.07) is 0.635. The lowest BCUT2D eigenvalue weighted by Gasteiger charge is -2.23. The zero-order valence-electron chi connectivity index (χ0n) is 8.95. The standard InChI is InChI=1S/C10H16ClN3S/c1-8-12-10(15-13-8)14-7-3-5-9(14)4-2-6-11/h9H,2-7H2,1H3. The van der Waals surface area contributed by atoms with Crippen molar-refractivity contribution in [3.8, 4) is 0 Å². The van der Waals surface area contributed by atoms with Crippen LogP contribution in [-0.4, -0.2) is 27.8 Å². The van der Waals surface area contributed by atoms with Gasteiger partial charge in [0.15, 0.2) is 0 Å². The molecule has 1 fully saturated rings. The summed E-state index contributed by atoms with van der Waals surface area (Å²) < 4.78 is 4.24. The molecule has 3 nitrogen and oxygen atoms in total. The van der Waals surface area contributed by atoms with Gasteiger partial charge in [0, 0.05) is 30.0 Å². The molecular formula is C10H16ClN3S. The Labute approximate surface area is 99.6 Å². The molecular weight excluding hydrogens is 230 g/mol. The minimum atomic E-state index is 0.635. The first-order valence-corrected chi connectivity index (χ1v) is 6.75. The molecule has 0 radical (unpaired) electrons. The van der Waals surface area contributed by atoms with E-state index in [1.54, 1.807) is 0 Å². The van der Waals surface area contributed by atoms with E-state index in [0.717, 1.165) is 29.8 Å². The number of anilines is 1. The van der Waals surface area contributed by atoms with Crippen LogP contribution in [-0.2, 0) is 0 Å². The number of hydrogen-bond donors (Lipinski definition) is 0. The molecule has 1 aliphatic rings. The van der Waals surface area contributed by atoms with E-state index in [0.29, 0.717) is 6.04 Å². The van der Waals surface area contributed by atoms with Gasteiger partial charge >= 0.3 is 0 Å². The van der Waals surface area contributed by atoms with E-state index in [4.69, 9.17) is 11.6 Å². The molecule has 1 aromatic rings. The summed E-state index contributed by atoms with van der Waals surface area (Å²) in [5.41, 5.74) is 0. The van der Waals surface area contributed by atoms with Crippen LogP contribution in [0.5, 0.6) is 0 Å². The van der Waals surface area contributed by atoms with Crippen molar-refractivity contribution in [2.45, 2.75) is 38.6 Å². The maximum atomic E-state index is 5.73. The summed E-state index contributed by atoms with van der Waals surface area (Å²) in [6.07, 6.45) is 4.82. The van der Waals surface area contributed by atoms with Crippen molar-refractivity contribution >= 4 is 28.3 Å². The Morgan fingerprint density at radius 3 is 3.13 bits per heavy atom. The van der Waals surface area contributed by atoms with Crippen molar-refractivity contribution in [2.75, 3.05) is 17.3 Å². The van der Waals surface area contributed by atoms with Crippen molar-refractivity contribution in [1.29, 1.82) is 0 Å². The quantitative estimate of drug-likeness (QED) is 0.764. The fourth-order valence-corrected chi connectivity index (χ4v) is 3.03. The normalized spacial score (nSPS) is 21.2. The van der Waals surface area contributed by atoms with E-state index >= 15 is 0 Å². The highest BCUT2D eigenvalue weighted by molar-refractivity contribution is 7.09. The molecule has 1 saturated heterocycles. The van der Waals surface area contributed by atoms with Gasteiger partial charge in [0.05, 0.1) is 0 Å². The molecule has 0 amide bonds. The largest absolute Gasteiger partial charge is 0.344 e. The van der Waals surface area contributed by atoms with Crippen molar-refractivity contribution < 1.29 is 0 Å². The molecule has 1 atom stereocenters. The Hall–Kier alpha value is -0.350. The molecule has 0 aliphatic carbocycles. The number of nitrogens with zero attached hydrogens (tertiary/aromatic N) is 3. The number of hydrogen-bond acceptors (Lipinski definition) is 4. The number of alkyl halides is 1. The molecule has 15 heavy (non-hydrogen) atoms. The maximum absolute atomic E-state index is 5.73. The van der Waals surface area contributed by atoms with Gasteiger partial charge in [0.2, 0.25) is 5.13 Å². The van der Waals surface area contributed by atoms with Crippen molar-refractivity contribution in [3.05, 3.63) is 5.82 Å². The van der Waals surface area contributed by atoms with Crippen LogP contribution in [0.1, 0.15) is 31.5 Å². The van der Waals surface area contributed by atoms with E-state index in [-0.39, 0.29) is 0 Å². The Morgan fingerprint density at radius 1 is 1.60 bits per heavy atom. The van der Waals surface area contributed by atoms with Gasteiger partial charge in [0.1, 0.15) is 5.82 Å². The van der Waals surface area contributed by atoms with E-state index in [1.165, 1.54) is 30.8 Å². The van der Waals surface area contributed by atoms with Crippen molar-refractivity contribution in [2.24, 2.45) is 0 Å². The Balaban J connectivity index is 2.01. The summed E-state index contributed by atoms with van der Waals surface area (Å²) in [6.45, 7) is 3.07. The zero-order valence-corrected chi connectivity index (χ0v) is 10.5. The Morgan fingerprint density at radius 2 is 2.47 bits per heavy atom. The Bertz CT molecular complexity index is 315. The topological polar surface area (TPSA) is 29.0 Å². The fourth-order valence-electron chi connectivity index (χ4n) is 2.10. The zero-order chi connectivity index (χ0) is 10.7. The molecule has 1 aromatic heterocycles. The molecule has 1 unspecified atom stereocenters. The molecule has 2 heterocycles. The highest BCUT2D eigenvalue weighted by atomic mass is 35.5. The van der Waals surface area contributed by atoms with Crippen LogP contribution >= 0.6 is 23.1 Å². The van der Waals surface area contributed by atoms with Crippen LogP contribution in [0.25, 0.3) is 0 Å². The summed E-state index contributed by atoms with van der Waals surface area (Å²) in [5.74, 6) is 1.65. The van der Waals surface area contributed by atoms with E-state index < -0.39 is 0 Å². The molecule has 0 saturated carbocycles. The monoisotopic (exact) mass is 245 g/mol. The van der Waals surface area contributed by atoms with Crippen LogP contribution in [0.4, 0.5) is 5.13 Å². The van der Waals surface area contributed by atoms with Gasteiger partial charge in [-0.25, -0.2) is 4.98 Å². The lowest BCUT2D eigenvalue weighted by atomic mass is 10.1. The number of rotatable bonds is 4. The van der Waals surface area contributed by atoms with Crippen molar-refractivity contribution in [1.82, 2.24) is 9.36 Å². The first-order chi connectivity index (χ1) is 7.31. The van der Waals surface area contributed by atoms with Gasteiger partial charge in [0.25, 0.3) is 0 Å². The highest BCUT2D eigenvalue weighted by Crippen LogP contribution is 2.29. The number of aromatic nitrogens is 2.